The highest BCUT2D eigenvalue weighted by Gasteiger charge is 2.21. The number of pyridine rings is 1. The van der Waals surface area contributed by atoms with E-state index in [1.165, 1.54) is 16.7 Å². The standard InChI is InChI=1S/C18H14N2O5/c21-18-16-4-2-1-3-12(16)5-6-19(18)9-13-7-15(20(22)23)8-14-10-24-11-25-17(13)14/h1-8H,9-11H2. The Morgan fingerprint density at radius 2 is 2.04 bits per heavy atom. The molecule has 7 heteroatoms. The lowest BCUT2D eigenvalue weighted by Crippen LogP contribution is -2.21. The molecule has 25 heavy (non-hydrogen) atoms. The first-order valence-electron chi connectivity index (χ1n) is 7.72. The zero-order valence-corrected chi connectivity index (χ0v) is 13.2. The van der Waals surface area contributed by atoms with E-state index in [0.29, 0.717) is 22.3 Å². The fourth-order valence-electron chi connectivity index (χ4n) is 3.04. The number of hydrogen-bond acceptors (Lipinski definition) is 5. The summed E-state index contributed by atoms with van der Waals surface area (Å²) in [6.45, 7) is 0.523. The van der Waals surface area contributed by atoms with Gasteiger partial charge in [0.25, 0.3) is 11.2 Å². The van der Waals surface area contributed by atoms with Gasteiger partial charge in [-0.1, -0.05) is 18.2 Å². The molecule has 2 aromatic carbocycles. The van der Waals surface area contributed by atoms with Crippen LogP contribution in [0.2, 0.25) is 0 Å². The van der Waals surface area contributed by atoms with Gasteiger partial charge in [0.2, 0.25) is 0 Å². The van der Waals surface area contributed by atoms with Crippen molar-refractivity contribution in [2.45, 2.75) is 13.2 Å². The average Bonchev–Trinajstić information content (AvgIpc) is 2.64. The van der Waals surface area contributed by atoms with Crippen LogP contribution in [0.15, 0.2) is 53.5 Å². The summed E-state index contributed by atoms with van der Waals surface area (Å²) in [7, 11) is 0. The smallest absolute Gasteiger partial charge is 0.270 e. The Bertz CT molecular complexity index is 1040. The van der Waals surface area contributed by atoms with Crippen LogP contribution in [0.1, 0.15) is 11.1 Å². The maximum Gasteiger partial charge on any atom is 0.270 e. The highest BCUT2D eigenvalue weighted by Crippen LogP contribution is 2.33. The van der Waals surface area contributed by atoms with Gasteiger partial charge >= 0.3 is 0 Å². The molecule has 0 N–H and O–H groups in total. The van der Waals surface area contributed by atoms with Crippen molar-refractivity contribution in [3.8, 4) is 5.75 Å². The van der Waals surface area contributed by atoms with E-state index in [9.17, 15) is 14.9 Å². The second-order valence-electron chi connectivity index (χ2n) is 5.80. The van der Waals surface area contributed by atoms with Crippen LogP contribution < -0.4 is 10.3 Å². The summed E-state index contributed by atoms with van der Waals surface area (Å²) in [6, 6.07) is 12.1. The third-order valence-corrected chi connectivity index (χ3v) is 4.21. The Morgan fingerprint density at radius 1 is 1.20 bits per heavy atom. The van der Waals surface area contributed by atoms with Crippen molar-refractivity contribution in [3.05, 3.63) is 80.3 Å². The van der Waals surface area contributed by atoms with E-state index in [-0.39, 0.29) is 31.2 Å². The van der Waals surface area contributed by atoms with Crippen molar-refractivity contribution < 1.29 is 14.4 Å². The molecule has 7 nitrogen and oxygen atoms in total. The summed E-state index contributed by atoms with van der Waals surface area (Å²) in [6.07, 6.45) is 1.69. The Hall–Kier alpha value is -3.19. The number of aromatic nitrogens is 1. The normalized spacial score (nSPS) is 13.3. The monoisotopic (exact) mass is 338 g/mol. The summed E-state index contributed by atoms with van der Waals surface area (Å²) < 4.78 is 12.3. The lowest BCUT2D eigenvalue weighted by atomic mass is 10.1. The number of benzene rings is 2. The topological polar surface area (TPSA) is 83.6 Å². The van der Waals surface area contributed by atoms with E-state index >= 15 is 0 Å². The average molecular weight is 338 g/mol. The molecular formula is C18H14N2O5. The van der Waals surface area contributed by atoms with Crippen LogP contribution >= 0.6 is 0 Å². The molecule has 0 aliphatic carbocycles. The lowest BCUT2D eigenvalue weighted by molar-refractivity contribution is -0.385. The quantitative estimate of drug-likeness (QED) is 0.542. The first-order valence-corrected chi connectivity index (χ1v) is 7.72. The number of ether oxygens (including phenoxy) is 2. The fourth-order valence-corrected chi connectivity index (χ4v) is 3.04. The molecule has 0 bridgehead atoms. The van der Waals surface area contributed by atoms with Gasteiger partial charge in [0.1, 0.15) is 5.75 Å². The van der Waals surface area contributed by atoms with Crippen LogP contribution in [-0.4, -0.2) is 16.3 Å². The Balaban J connectivity index is 1.83. The SMILES string of the molecule is O=c1c2ccccc2ccn1Cc1cc([N+](=O)[O-])cc2c1OCOC2. The molecular weight excluding hydrogens is 324 g/mol. The second kappa shape index (κ2) is 6.03. The van der Waals surface area contributed by atoms with Crippen molar-refractivity contribution in [2.24, 2.45) is 0 Å². The van der Waals surface area contributed by atoms with Crippen LogP contribution in [0.25, 0.3) is 10.8 Å². The summed E-state index contributed by atoms with van der Waals surface area (Å²) in [5, 5.41) is 12.6. The van der Waals surface area contributed by atoms with Gasteiger partial charge in [-0.25, -0.2) is 0 Å². The largest absolute Gasteiger partial charge is 0.467 e. The third kappa shape index (κ3) is 2.74. The molecule has 0 spiro atoms. The van der Waals surface area contributed by atoms with Crippen LogP contribution in [-0.2, 0) is 17.9 Å². The highest BCUT2D eigenvalue weighted by atomic mass is 16.7. The first-order chi connectivity index (χ1) is 12.1. The molecule has 3 aromatic rings. The van der Waals surface area contributed by atoms with E-state index in [1.54, 1.807) is 12.3 Å². The number of nitrogens with zero attached hydrogens (tertiary/aromatic N) is 2. The number of hydrogen-bond donors (Lipinski definition) is 0. The zero-order valence-electron chi connectivity index (χ0n) is 13.2. The van der Waals surface area contributed by atoms with Crippen molar-refractivity contribution >= 4 is 16.5 Å². The van der Waals surface area contributed by atoms with Crippen LogP contribution in [0.4, 0.5) is 5.69 Å². The lowest BCUT2D eigenvalue weighted by Gasteiger charge is -2.21. The Morgan fingerprint density at radius 3 is 2.88 bits per heavy atom. The van der Waals surface area contributed by atoms with E-state index < -0.39 is 4.92 Å². The van der Waals surface area contributed by atoms with Gasteiger partial charge in [-0.05, 0) is 17.5 Å². The highest BCUT2D eigenvalue weighted by molar-refractivity contribution is 5.81. The maximum absolute atomic E-state index is 12.7. The number of nitro benzene ring substituents is 1. The van der Waals surface area contributed by atoms with Gasteiger partial charge in [-0.15, -0.1) is 0 Å². The van der Waals surface area contributed by atoms with Crippen molar-refractivity contribution in [1.29, 1.82) is 0 Å². The molecule has 0 saturated heterocycles. The molecule has 1 aromatic heterocycles. The number of non-ortho nitro benzene ring substituents is 1. The number of nitro groups is 1. The second-order valence-corrected chi connectivity index (χ2v) is 5.80. The third-order valence-electron chi connectivity index (χ3n) is 4.21. The van der Waals surface area contributed by atoms with E-state index in [4.69, 9.17) is 9.47 Å². The molecule has 1 aliphatic rings. The Labute approximate surface area is 142 Å². The molecule has 1 aliphatic heterocycles. The summed E-state index contributed by atoms with van der Waals surface area (Å²) >= 11 is 0. The van der Waals surface area contributed by atoms with E-state index in [2.05, 4.69) is 0 Å². The summed E-state index contributed by atoms with van der Waals surface area (Å²) in [5.74, 6) is 0.553. The van der Waals surface area contributed by atoms with Crippen molar-refractivity contribution in [1.82, 2.24) is 4.57 Å². The molecule has 0 unspecified atom stereocenters. The minimum atomic E-state index is -0.457. The van der Waals surface area contributed by atoms with Crippen molar-refractivity contribution in [3.63, 3.8) is 0 Å². The predicted octanol–water partition coefficient (Wildman–Crippen LogP) is 2.82. The van der Waals surface area contributed by atoms with Gasteiger partial charge in [-0.2, -0.15) is 0 Å². The molecule has 0 fully saturated rings. The first kappa shape index (κ1) is 15.3. The van der Waals surface area contributed by atoms with Crippen LogP contribution in [0.3, 0.4) is 0 Å². The zero-order chi connectivity index (χ0) is 17.4. The molecule has 0 radical (unpaired) electrons. The fraction of sp³-hybridized carbons (Fsp3) is 0.167. The number of rotatable bonds is 3. The van der Waals surface area contributed by atoms with Gasteiger partial charge in [-0.3, -0.25) is 14.9 Å². The van der Waals surface area contributed by atoms with Gasteiger partial charge < -0.3 is 14.0 Å². The van der Waals surface area contributed by atoms with Crippen LogP contribution in [0.5, 0.6) is 5.75 Å². The van der Waals surface area contributed by atoms with Crippen molar-refractivity contribution in [2.75, 3.05) is 6.79 Å². The summed E-state index contributed by atoms with van der Waals surface area (Å²) in [4.78, 5) is 23.4. The van der Waals surface area contributed by atoms with Gasteiger partial charge in [0.05, 0.1) is 18.1 Å². The predicted molar refractivity (Wildman–Crippen MR) is 90.7 cm³/mol. The number of fused-ring (bicyclic) bond motifs is 2. The van der Waals surface area contributed by atoms with Gasteiger partial charge in [0.15, 0.2) is 6.79 Å². The molecule has 126 valence electrons. The van der Waals surface area contributed by atoms with Gasteiger partial charge in [0, 0.05) is 34.8 Å². The Kier molecular flexibility index (Phi) is 3.70. The molecule has 2 heterocycles. The molecule has 0 saturated carbocycles. The van der Waals surface area contributed by atoms with E-state index in [1.807, 2.05) is 24.3 Å². The van der Waals surface area contributed by atoms with Crippen LogP contribution in [0, 0.1) is 10.1 Å². The molecule has 0 amide bonds. The molecule has 0 atom stereocenters. The summed E-state index contributed by atoms with van der Waals surface area (Å²) in [5.41, 5.74) is 1.01. The minimum absolute atomic E-state index is 0.0447. The van der Waals surface area contributed by atoms with E-state index in [0.717, 1.165) is 5.39 Å². The minimum Gasteiger partial charge on any atom is -0.467 e. The molecule has 4 rings (SSSR count). The maximum atomic E-state index is 12.7.